The maximum Gasteiger partial charge on any atom is 0.243 e. The van der Waals surface area contributed by atoms with Gasteiger partial charge >= 0.3 is 0 Å². The molecule has 3 fully saturated rings. The lowest BCUT2D eigenvalue weighted by molar-refractivity contribution is -0.148. The SMILES string of the molecule is CCN1CCN(C2(C(=O)N3CCN4CCCC4C3)Cc3ccccc3C2)CC1. The van der Waals surface area contributed by atoms with Crippen molar-refractivity contribution in [1.82, 2.24) is 19.6 Å². The van der Waals surface area contributed by atoms with E-state index in [0.717, 1.165) is 65.2 Å². The topological polar surface area (TPSA) is 30.0 Å². The molecule has 1 unspecified atom stereocenters. The normalized spacial score (nSPS) is 28.3. The van der Waals surface area contributed by atoms with Crippen LogP contribution in [0.15, 0.2) is 24.3 Å². The van der Waals surface area contributed by atoms with E-state index in [4.69, 9.17) is 0 Å². The second-order valence-electron chi connectivity index (χ2n) is 9.16. The van der Waals surface area contributed by atoms with E-state index in [9.17, 15) is 4.79 Å². The predicted octanol–water partition coefficient (Wildman–Crippen LogP) is 1.47. The molecule has 0 aromatic heterocycles. The van der Waals surface area contributed by atoms with Crippen LogP contribution in [0.1, 0.15) is 30.9 Å². The number of amides is 1. The Hall–Kier alpha value is -1.43. The zero-order valence-electron chi connectivity index (χ0n) is 17.3. The van der Waals surface area contributed by atoms with Crippen molar-refractivity contribution < 1.29 is 4.79 Å². The molecule has 4 aliphatic rings. The van der Waals surface area contributed by atoms with Gasteiger partial charge in [-0.3, -0.25) is 14.6 Å². The molecule has 0 radical (unpaired) electrons. The van der Waals surface area contributed by atoms with E-state index in [0.29, 0.717) is 11.9 Å². The largest absolute Gasteiger partial charge is 0.338 e. The second-order valence-corrected chi connectivity index (χ2v) is 9.16. The Morgan fingerprint density at radius 2 is 1.71 bits per heavy atom. The number of hydrogen-bond donors (Lipinski definition) is 0. The molecule has 0 bridgehead atoms. The Morgan fingerprint density at radius 3 is 2.39 bits per heavy atom. The van der Waals surface area contributed by atoms with Crippen LogP contribution >= 0.6 is 0 Å². The maximum atomic E-state index is 14.1. The molecule has 0 N–H and O–H groups in total. The average Bonchev–Trinajstić information content (AvgIpc) is 3.37. The van der Waals surface area contributed by atoms with Gasteiger partial charge in [-0.1, -0.05) is 31.2 Å². The number of hydrogen-bond acceptors (Lipinski definition) is 4. The summed E-state index contributed by atoms with van der Waals surface area (Å²) in [6.45, 7) is 11.7. The molecule has 1 aromatic rings. The van der Waals surface area contributed by atoms with Gasteiger partial charge in [0.2, 0.25) is 5.91 Å². The van der Waals surface area contributed by atoms with Crippen molar-refractivity contribution >= 4 is 5.91 Å². The van der Waals surface area contributed by atoms with Crippen LogP contribution in [0.2, 0.25) is 0 Å². The van der Waals surface area contributed by atoms with Crippen molar-refractivity contribution in [2.24, 2.45) is 0 Å². The molecule has 3 saturated heterocycles. The second kappa shape index (κ2) is 7.43. The van der Waals surface area contributed by atoms with Gasteiger partial charge in [-0.15, -0.1) is 0 Å². The van der Waals surface area contributed by atoms with E-state index in [-0.39, 0.29) is 5.54 Å². The summed E-state index contributed by atoms with van der Waals surface area (Å²) in [5.74, 6) is 0.403. The minimum absolute atomic E-state index is 0.357. The van der Waals surface area contributed by atoms with Gasteiger partial charge in [0.1, 0.15) is 5.54 Å². The third-order valence-electron chi connectivity index (χ3n) is 7.78. The van der Waals surface area contributed by atoms with Gasteiger partial charge in [-0.25, -0.2) is 0 Å². The molecule has 1 amide bonds. The molecular formula is C23H34N4O. The fraction of sp³-hybridized carbons (Fsp3) is 0.696. The first-order chi connectivity index (χ1) is 13.7. The summed E-state index contributed by atoms with van der Waals surface area (Å²) in [5.41, 5.74) is 2.41. The van der Waals surface area contributed by atoms with E-state index in [1.165, 1.54) is 30.5 Å². The fourth-order valence-corrected chi connectivity index (χ4v) is 6.07. The van der Waals surface area contributed by atoms with E-state index < -0.39 is 0 Å². The van der Waals surface area contributed by atoms with Crippen LogP contribution in [-0.4, -0.2) is 96.0 Å². The average molecular weight is 383 g/mol. The molecule has 1 atom stereocenters. The standard InChI is InChI=1S/C23H34N4O/c1-2-24-10-14-27(15-11-24)23(16-19-6-3-4-7-20(19)17-23)22(28)26-13-12-25-9-5-8-21(25)18-26/h3-4,6-7,21H,2,5,8-18H2,1H3. The molecular weight excluding hydrogens is 348 g/mol. The van der Waals surface area contributed by atoms with Crippen molar-refractivity contribution in [1.29, 1.82) is 0 Å². The summed E-state index contributed by atoms with van der Waals surface area (Å²) in [6, 6.07) is 9.33. The van der Waals surface area contributed by atoms with E-state index in [2.05, 4.69) is 50.8 Å². The number of carbonyl (C=O) groups excluding carboxylic acids is 1. The number of carbonyl (C=O) groups is 1. The summed E-state index contributed by atoms with van der Waals surface area (Å²) in [4.78, 5) is 24.0. The Balaban J connectivity index is 1.41. The van der Waals surface area contributed by atoms with Gasteiger partial charge in [0.15, 0.2) is 0 Å². The van der Waals surface area contributed by atoms with E-state index in [1.54, 1.807) is 0 Å². The maximum absolute atomic E-state index is 14.1. The number of piperazine rings is 2. The highest BCUT2D eigenvalue weighted by Crippen LogP contribution is 2.38. The van der Waals surface area contributed by atoms with Gasteiger partial charge in [-0.2, -0.15) is 0 Å². The molecule has 3 heterocycles. The molecule has 5 rings (SSSR count). The smallest absolute Gasteiger partial charge is 0.243 e. The van der Waals surface area contributed by atoms with Gasteiger partial charge in [0.05, 0.1) is 0 Å². The summed E-state index contributed by atoms with van der Waals surface area (Å²) in [6.07, 6.45) is 4.33. The summed E-state index contributed by atoms with van der Waals surface area (Å²) < 4.78 is 0. The van der Waals surface area contributed by atoms with Crippen molar-refractivity contribution in [2.45, 2.75) is 44.2 Å². The first-order valence-electron chi connectivity index (χ1n) is 11.3. The first kappa shape index (κ1) is 18.6. The van der Waals surface area contributed by atoms with Crippen LogP contribution in [-0.2, 0) is 17.6 Å². The lowest BCUT2D eigenvalue weighted by Crippen LogP contribution is -2.66. The summed E-state index contributed by atoms with van der Waals surface area (Å²) in [7, 11) is 0. The van der Waals surface area contributed by atoms with Gasteiger partial charge in [-0.05, 0) is 37.1 Å². The first-order valence-corrected chi connectivity index (χ1v) is 11.3. The zero-order chi connectivity index (χ0) is 19.1. The number of benzene rings is 1. The molecule has 1 aliphatic carbocycles. The number of likely N-dealkylation sites (N-methyl/N-ethyl adjacent to an activating group) is 1. The minimum Gasteiger partial charge on any atom is -0.338 e. The van der Waals surface area contributed by atoms with Crippen LogP contribution in [0, 0.1) is 0 Å². The molecule has 5 heteroatoms. The zero-order valence-corrected chi connectivity index (χ0v) is 17.3. The third-order valence-corrected chi connectivity index (χ3v) is 7.78. The number of fused-ring (bicyclic) bond motifs is 2. The van der Waals surface area contributed by atoms with Gasteiger partial charge < -0.3 is 9.80 Å². The Labute approximate surface area is 169 Å². The third kappa shape index (κ3) is 3.08. The van der Waals surface area contributed by atoms with Gasteiger partial charge in [0, 0.05) is 64.7 Å². The van der Waals surface area contributed by atoms with Crippen LogP contribution in [0.25, 0.3) is 0 Å². The molecule has 28 heavy (non-hydrogen) atoms. The molecule has 0 saturated carbocycles. The minimum atomic E-state index is -0.357. The number of nitrogens with zero attached hydrogens (tertiary/aromatic N) is 4. The molecule has 0 spiro atoms. The predicted molar refractivity (Wildman–Crippen MR) is 111 cm³/mol. The lowest BCUT2D eigenvalue weighted by atomic mass is 9.89. The van der Waals surface area contributed by atoms with Crippen LogP contribution in [0.3, 0.4) is 0 Å². The fourth-order valence-electron chi connectivity index (χ4n) is 6.07. The highest BCUT2D eigenvalue weighted by Gasteiger charge is 2.51. The molecule has 152 valence electrons. The molecule has 1 aromatic carbocycles. The van der Waals surface area contributed by atoms with Crippen LogP contribution < -0.4 is 0 Å². The Morgan fingerprint density at radius 1 is 1.00 bits per heavy atom. The quantitative estimate of drug-likeness (QED) is 0.792. The highest BCUT2D eigenvalue weighted by molar-refractivity contribution is 5.88. The van der Waals surface area contributed by atoms with Crippen molar-refractivity contribution in [3.63, 3.8) is 0 Å². The van der Waals surface area contributed by atoms with Crippen LogP contribution in [0.4, 0.5) is 0 Å². The lowest BCUT2D eigenvalue weighted by Gasteiger charge is -2.48. The Kier molecular flexibility index (Phi) is 4.93. The highest BCUT2D eigenvalue weighted by atomic mass is 16.2. The molecule has 5 nitrogen and oxygen atoms in total. The van der Waals surface area contributed by atoms with Gasteiger partial charge in [0.25, 0.3) is 0 Å². The Bertz CT molecular complexity index is 702. The van der Waals surface area contributed by atoms with Crippen molar-refractivity contribution in [2.75, 3.05) is 58.9 Å². The van der Waals surface area contributed by atoms with Crippen LogP contribution in [0.5, 0.6) is 0 Å². The monoisotopic (exact) mass is 382 g/mol. The number of rotatable bonds is 3. The van der Waals surface area contributed by atoms with Crippen molar-refractivity contribution in [3.05, 3.63) is 35.4 Å². The van der Waals surface area contributed by atoms with Crippen molar-refractivity contribution in [3.8, 4) is 0 Å². The molecule has 3 aliphatic heterocycles. The van der Waals surface area contributed by atoms with E-state index >= 15 is 0 Å². The summed E-state index contributed by atoms with van der Waals surface area (Å²) in [5, 5.41) is 0. The van der Waals surface area contributed by atoms with E-state index in [1.807, 2.05) is 0 Å². The summed E-state index contributed by atoms with van der Waals surface area (Å²) >= 11 is 0.